The Morgan fingerprint density at radius 1 is 1.57 bits per heavy atom. The maximum Gasteiger partial charge on any atom is 0.271 e. The molecule has 2 aromatic rings. The van der Waals surface area contributed by atoms with Crippen molar-refractivity contribution < 1.29 is 14.1 Å². The van der Waals surface area contributed by atoms with Crippen LogP contribution in [0.5, 0.6) is 0 Å². The Morgan fingerprint density at radius 3 is 3.05 bits per heavy atom. The normalized spacial score (nSPS) is 12.3. The third kappa shape index (κ3) is 4.26. The SMILES string of the molecule is COCCc1noc([C@@H](C)NC(=O)c2csc(SC)n2)n1. The molecule has 21 heavy (non-hydrogen) atoms. The molecule has 114 valence electrons. The van der Waals surface area contributed by atoms with Crippen molar-refractivity contribution in [1.82, 2.24) is 20.4 Å². The summed E-state index contributed by atoms with van der Waals surface area (Å²) in [4.78, 5) is 20.5. The zero-order valence-corrected chi connectivity index (χ0v) is 13.6. The number of hydrogen-bond acceptors (Lipinski definition) is 8. The number of thiazole rings is 1. The van der Waals surface area contributed by atoms with Crippen LogP contribution in [0, 0.1) is 0 Å². The predicted octanol–water partition coefficient (Wildman–Crippen LogP) is 1.93. The van der Waals surface area contributed by atoms with Gasteiger partial charge in [0.05, 0.1) is 6.61 Å². The maximum absolute atomic E-state index is 12.1. The molecule has 1 amide bonds. The molecule has 9 heteroatoms. The van der Waals surface area contributed by atoms with Gasteiger partial charge in [-0.25, -0.2) is 4.98 Å². The third-order valence-electron chi connectivity index (χ3n) is 2.62. The Labute approximate surface area is 130 Å². The van der Waals surface area contributed by atoms with Crippen molar-refractivity contribution in [2.75, 3.05) is 20.0 Å². The molecule has 0 aliphatic heterocycles. The lowest BCUT2D eigenvalue weighted by Crippen LogP contribution is -2.27. The second-order valence-electron chi connectivity index (χ2n) is 4.19. The third-order valence-corrected chi connectivity index (χ3v) is 4.49. The van der Waals surface area contributed by atoms with Gasteiger partial charge >= 0.3 is 0 Å². The largest absolute Gasteiger partial charge is 0.384 e. The van der Waals surface area contributed by atoms with Gasteiger partial charge in [-0.1, -0.05) is 16.9 Å². The van der Waals surface area contributed by atoms with Crippen molar-refractivity contribution in [2.45, 2.75) is 23.7 Å². The highest BCUT2D eigenvalue weighted by atomic mass is 32.2. The summed E-state index contributed by atoms with van der Waals surface area (Å²) in [6, 6.07) is -0.374. The van der Waals surface area contributed by atoms with Crippen LogP contribution in [-0.2, 0) is 11.2 Å². The molecule has 0 bridgehead atoms. The average molecular weight is 328 g/mol. The number of nitrogens with zero attached hydrogens (tertiary/aromatic N) is 3. The van der Waals surface area contributed by atoms with E-state index in [-0.39, 0.29) is 11.9 Å². The van der Waals surface area contributed by atoms with Crippen molar-refractivity contribution in [3.05, 3.63) is 22.8 Å². The Hall–Kier alpha value is -1.45. The molecular formula is C12H16N4O3S2. The van der Waals surface area contributed by atoms with Gasteiger partial charge in [0.1, 0.15) is 16.1 Å². The van der Waals surface area contributed by atoms with Crippen molar-refractivity contribution in [3.8, 4) is 0 Å². The van der Waals surface area contributed by atoms with Crippen molar-refractivity contribution in [1.29, 1.82) is 0 Å². The lowest BCUT2D eigenvalue weighted by atomic mass is 10.3. The molecule has 2 heterocycles. The number of nitrogens with one attached hydrogen (secondary N) is 1. The van der Waals surface area contributed by atoms with Crippen molar-refractivity contribution in [2.24, 2.45) is 0 Å². The maximum atomic E-state index is 12.1. The van der Waals surface area contributed by atoms with Gasteiger partial charge in [0.25, 0.3) is 5.91 Å². The minimum absolute atomic E-state index is 0.254. The van der Waals surface area contributed by atoms with E-state index in [1.165, 1.54) is 23.1 Å². The first-order chi connectivity index (χ1) is 10.1. The molecule has 1 N–H and O–H groups in total. The zero-order chi connectivity index (χ0) is 15.2. The number of carbonyl (C=O) groups is 1. The summed E-state index contributed by atoms with van der Waals surface area (Å²) >= 11 is 2.95. The Morgan fingerprint density at radius 2 is 2.38 bits per heavy atom. The Balaban J connectivity index is 1.95. The van der Waals surface area contributed by atoms with Crippen LogP contribution in [0.3, 0.4) is 0 Å². The van der Waals surface area contributed by atoms with Gasteiger partial charge in [0.2, 0.25) is 5.89 Å². The summed E-state index contributed by atoms with van der Waals surface area (Å²) in [5.41, 5.74) is 0.398. The van der Waals surface area contributed by atoms with Crippen molar-refractivity contribution in [3.63, 3.8) is 0 Å². The molecule has 2 aromatic heterocycles. The lowest BCUT2D eigenvalue weighted by molar-refractivity contribution is 0.0927. The summed E-state index contributed by atoms with van der Waals surface area (Å²) in [6.45, 7) is 2.31. The molecule has 0 unspecified atom stereocenters. The Kier molecular flexibility index (Phi) is 5.71. The van der Waals surface area contributed by atoms with E-state index in [1.807, 2.05) is 6.26 Å². The topological polar surface area (TPSA) is 90.1 Å². The van der Waals surface area contributed by atoms with Crippen LogP contribution in [-0.4, -0.2) is 41.0 Å². The van der Waals surface area contributed by atoms with E-state index in [0.717, 1.165) is 4.34 Å². The second kappa shape index (κ2) is 7.53. The molecule has 2 rings (SSSR count). The second-order valence-corrected chi connectivity index (χ2v) is 6.10. The van der Waals surface area contributed by atoms with E-state index in [2.05, 4.69) is 20.4 Å². The van der Waals surface area contributed by atoms with Gasteiger partial charge in [-0.05, 0) is 13.2 Å². The van der Waals surface area contributed by atoms with Gasteiger partial charge in [-0.15, -0.1) is 11.3 Å². The summed E-state index contributed by atoms with van der Waals surface area (Å²) < 4.78 is 10.9. The summed E-state index contributed by atoms with van der Waals surface area (Å²) in [6.07, 6.45) is 2.49. The lowest BCUT2D eigenvalue weighted by Gasteiger charge is -2.07. The smallest absolute Gasteiger partial charge is 0.271 e. The summed E-state index contributed by atoms with van der Waals surface area (Å²) in [5.74, 6) is 0.678. The van der Waals surface area contributed by atoms with Gasteiger partial charge in [0, 0.05) is 18.9 Å². The summed E-state index contributed by atoms with van der Waals surface area (Å²) in [7, 11) is 1.61. The molecule has 0 spiro atoms. The molecule has 7 nitrogen and oxygen atoms in total. The highest BCUT2D eigenvalue weighted by Gasteiger charge is 2.19. The molecule has 0 aliphatic rings. The molecule has 1 atom stereocenters. The highest BCUT2D eigenvalue weighted by molar-refractivity contribution is 8.00. The Bertz CT molecular complexity index is 599. The molecule has 0 saturated carbocycles. The minimum atomic E-state index is -0.374. The zero-order valence-electron chi connectivity index (χ0n) is 12.0. The van der Waals surface area contributed by atoms with Gasteiger partial charge in [-0.3, -0.25) is 4.79 Å². The van der Waals surface area contributed by atoms with E-state index in [4.69, 9.17) is 9.26 Å². The van der Waals surface area contributed by atoms with Crippen LogP contribution in [0.1, 0.15) is 35.2 Å². The fourth-order valence-corrected chi connectivity index (χ4v) is 2.77. The predicted molar refractivity (Wildman–Crippen MR) is 79.7 cm³/mol. The molecule has 0 aromatic carbocycles. The van der Waals surface area contributed by atoms with E-state index in [0.29, 0.717) is 30.4 Å². The van der Waals surface area contributed by atoms with E-state index >= 15 is 0 Å². The molecule has 0 fully saturated rings. The fourth-order valence-electron chi connectivity index (χ4n) is 1.53. The fraction of sp³-hybridized carbons (Fsp3) is 0.500. The van der Waals surface area contributed by atoms with E-state index in [1.54, 1.807) is 19.4 Å². The number of carbonyl (C=O) groups excluding carboxylic acids is 1. The standard InChI is InChI=1S/C12H16N4O3S2/c1-7(11-15-9(16-19-11)4-5-18-2)13-10(17)8-6-21-12(14-8)20-3/h6-7H,4-5H2,1-3H3,(H,13,17)/t7-/m1/s1. The number of hydrogen-bond donors (Lipinski definition) is 1. The number of amides is 1. The number of methoxy groups -OCH3 is 1. The minimum Gasteiger partial charge on any atom is -0.384 e. The van der Waals surface area contributed by atoms with Gasteiger partial charge in [-0.2, -0.15) is 4.98 Å². The van der Waals surface area contributed by atoms with E-state index < -0.39 is 0 Å². The van der Waals surface area contributed by atoms with Crippen LogP contribution < -0.4 is 5.32 Å². The highest BCUT2D eigenvalue weighted by Crippen LogP contribution is 2.20. The first-order valence-electron chi connectivity index (χ1n) is 6.25. The number of thioether (sulfide) groups is 1. The van der Waals surface area contributed by atoms with E-state index in [9.17, 15) is 4.79 Å². The van der Waals surface area contributed by atoms with Crippen LogP contribution >= 0.6 is 23.1 Å². The number of rotatable bonds is 7. The molecular weight excluding hydrogens is 312 g/mol. The van der Waals surface area contributed by atoms with Gasteiger partial charge in [0.15, 0.2) is 5.82 Å². The van der Waals surface area contributed by atoms with Crippen LogP contribution in [0.15, 0.2) is 14.2 Å². The molecule has 0 radical (unpaired) electrons. The monoisotopic (exact) mass is 328 g/mol. The van der Waals surface area contributed by atoms with Crippen LogP contribution in [0.4, 0.5) is 0 Å². The molecule has 0 aliphatic carbocycles. The quantitative estimate of drug-likeness (QED) is 0.777. The first kappa shape index (κ1) is 15.9. The average Bonchev–Trinajstić information content (AvgIpc) is 3.14. The van der Waals surface area contributed by atoms with Crippen LogP contribution in [0.25, 0.3) is 0 Å². The van der Waals surface area contributed by atoms with Crippen molar-refractivity contribution >= 4 is 29.0 Å². The summed E-state index contributed by atoms with van der Waals surface area (Å²) in [5, 5.41) is 8.35. The first-order valence-corrected chi connectivity index (χ1v) is 8.36. The number of ether oxygens (including phenoxy) is 1. The van der Waals surface area contributed by atoms with Crippen LogP contribution in [0.2, 0.25) is 0 Å². The molecule has 0 saturated heterocycles. The number of aromatic nitrogens is 3. The van der Waals surface area contributed by atoms with Gasteiger partial charge < -0.3 is 14.6 Å².